The van der Waals surface area contributed by atoms with Crippen molar-refractivity contribution in [3.8, 4) is 11.8 Å². The van der Waals surface area contributed by atoms with Crippen molar-refractivity contribution in [1.82, 2.24) is 0 Å². The molecule has 1 aromatic carbocycles. The van der Waals surface area contributed by atoms with Crippen LogP contribution in [0, 0.1) is 23.5 Å². The van der Waals surface area contributed by atoms with Gasteiger partial charge in [-0.1, -0.05) is 17.0 Å². The van der Waals surface area contributed by atoms with Crippen LogP contribution in [0.1, 0.15) is 12.0 Å². The average molecular weight is 222 g/mol. The topological polar surface area (TPSA) is 74.8 Å². The van der Waals surface area contributed by atoms with Crippen molar-refractivity contribution in [3.63, 3.8) is 0 Å². The normalized spacial score (nSPS) is 8.88. The lowest BCUT2D eigenvalue weighted by Crippen LogP contribution is -1.94. The van der Waals surface area contributed by atoms with Gasteiger partial charge in [0.05, 0.1) is 11.3 Å². The van der Waals surface area contributed by atoms with Gasteiger partial charge >= 0.3 is 0 Å². The summed E-state index contributed by atoms with van der Waals surface area (Å²) in [5.41, 5.74) is 13.7. The van der Waals surface area contributed by atoms with Crippen LogP contribution < -0.4 is 5.73 Å². The monoisotopic (exact) mass is 222 g/mol. The zero-order valence-corrected chi connectivity index (χ0v) is 8.24. The summed E-state index contributed by atoms with van der Waals surface area (Å²) in [5.74, 6) is 3.22. The summed E-state index contributed by atoms with van der Waals surface area (Å²) in [7, 11) is 0. The number of rotatable bonds is 2. The van der Waals surface area contributed by atoms with E-state index in [4.69, 9.17) is 11.3 Å². The van der Waals surface area contributed by atoms with E-state index < -0.39 is 11.6 Å². The maximum atomic E-state index is 12.8. The van der Waals surface area contributed by atoms with Gasteiger partial charge in [0.25, 0.3) is 0 Å². The molecule has 4 nitrogen and oxygen atoms in total. The molecule has 0 spiro atoms. The minimum Gasteiger partial charge on any atom is -0.398 e. The number of hydrogen-bond acceptors (Lipinski definition) is 2. The Labute approximate surface area is 90.7 Å². The Morgan fingerprint density at radius 3 is 2.75 bits per heavy atom. The van der Waals surface area contributed by atoms with Crippen LogP contribution in [0.3, 0.4) is 0 Å². The molecular weight excluding hydrogens is 214 g/mol. The van der Waals surface area contributed by atoms with Gasteiger partial charge in [0.2, 0.25) is 0 Å². The first-order chi connectivity index (χ1) is 7.65. The van der Waals surface area contributed by atoms with Gasteiger partial charge in [-0.3, -0.25) is 0 Å². The number of anilines is 1. The number of nitrogens with two attached hydrogens (primary N) is 1. The molecule has 16 heavy (non-hydrogen) atoms. The Hall–Kier alpha value is -2.25. The van der Waals surface area contributed by atoms with E-state index in [1.807, 2.05) is 0 Å². The molecule has 0 radical (unpaired) electrons. The van der Waals surface area contributed by atoms with Gasteiger partial charge in [0.1, 0.15) is 0 Å². The summed E-state index contributed by atoms with van der Waals surface area (Å²) in [4.78, 5) is 2.55. The molecule has 0 unspecified atom stereocenters. The van der Waals surface area contributed by atoms with Gasteiger partial charge in [-0.05, 0) is 11.6 Å². The quantitative estimate of drug-likeness (QED) is 0.205. The van der Waals surface area contributed by atoms with E-state index in [0.717, 1.165) is 12.1 Å². The van der Waals surface area contributed by atoms with Crippen LogP contribution in [-0.4, -0.2) is 6.54 Å². The van der Waals surface area contributed by atoms with Gasteiger partial charge in [0, 0.05) is 23.9 Å². The van der Waals surface area contributed by atoms with Crippen molar-refractivity contribution in [2.75, 3.05) is 12.3 Å². The molecule has 0 aromatic heterocycles. The molecule has 6 heteroatoms. The van der Waals surface area contributed by atoms with Crippen LogP contribution in [0.5, 0.6) is 0 Å². The molecule has 0 aliphatic heterocycles. The van der Waals surface area contributed by atoms with Crippen molar-refractivity contribution in [2.45, 2.75) is 6.42 Å². The van der Waals surface area contributed by atoms with E-state index in [-0.39, 0.29) is 17.8 Å². The lowest BCUT2D eigenvalue weighted by atomic mass is 10.1. The summed E-state index contributed by atoms with van der Waals surface area (Å²) >= 11 is 0. The summed E-state index contributed by atoms with van der Waals surface area (Å²) in [5, 5.41) is 3.27. The van der Waals surface area contributed by atoms with Crippen molar-refractivity contribution in [1.29, 1.82) is 0 Å². The maximum Gasteiger partial charge on any atom is 0.160 e. The molecule has 0 heterocycles. The Balaban J connectivity index is 2.80. The van der Waals surface area contributed by atoms with Crippen LogP contribution in [0.15, 0.2) is 17.2 Å². The second-order valence-electron chi connectivity index (χ2n) is 2.86. The largest absolute Gasteiger partial charge is 0.398 e. The van der Waals surface area contributed by atoms with Gasteiger partial charge < -0.3 is 5.73 Å². The first-order valence-corrected chi connectivity index (χ1v) is 4.39. The molecule has 1 aromatic rings. The second-order valence-corrected chi connectivity index (χ2v) is 2.86. The molecule has 0 fully saturated rings. The first-order valence-electron chi connectivity index (χ1n) is 4.39. The predicted molar refractivity (Wildman–Crippen MR) is 56.3 cm³/mol. The van der Waals surface area contributed by atoms with E-state index in [2.05, 4.69) is 21.9 Å². The highest BCUT2D eigenvalue weighted by atomic mass is 19.2. The van der Waals surface area contributed by atoms with Crippen molar-refractivity contribution < 1.29 is 8.78 Å². The fraction of sp³-hybridized carbons (Fsp3) is 0.200. The Morgan fingerprint density at radius 2 is 2.06 bits per heavy atom. The Morgan fingerprint density at radius 1 is 1.38 bits per heavy atom. The summed E-state index contributed by atoms with van der Waals surface area (Å²) in [6.45, 7) is 0.229. The molecule has 0 saturated heterocycles. The number of halogens is 2. The lowest BCUT2D eigenvalue weighted by Gasteiger charge is -1.98. The highest BCUT2D eigenvalue weighted by Gasteiger charge is 2.05. The number of nitrogens with zero attached hydrogens (tertiary/aromatic N) is 3. The molecule has 0 aliphatic rings. The highest BCUT2D eigenvalue weighted by Crippen LogP contribution is 2.15. The average Bonchev–Trinajstić information content (AvgIpc) is 2.25. The predicted octanol–water partition coefficient (Wildman–Crippen LogP) is 2.60. The molecule has 1 rings (SSSR count). The van der Waals surface area contributed by atoms with E-state index >= 15 is 0 Å². The van der Waals surface area contributed by atoms with E-state index in [1.54, 1.807) is 0 Å². The number of hydrogen-bond donors (Lipinski definition) is 1. The molecule has 82 valence electrons. The minimum atomic E-state index is -1.00. The summed E-state index contributed by atoms with van der Waals surface area (Å²) in [6.07, 6.45) is 0.336. The summed E-state index contributed by atoms with van der Waals surface area (Å²) in [6, 6.07) is 1.82. The third kappa shape index (κ3) is 3.15. The van der Waals surface area contributed by atoms with Gasteiger partial charge in [0.15, 0.2) is 11.6 Å². The SMILES string of the molecule is [N-]=[N+]=NCCC#Cc1cc(F)c(F)cc1N. The van der Waals surface area contributed by atoms with Gasteiger partial charge in [-0.2, -0.15) is 0 Å². The standard InChI is InChI=1S/C10H8F2N4/c11-8-5-7(10(13)6-9(8)12)3-1-2-4-15-16-14/h5-6H,2,4,13H2. The van der Waals surface area contributed by atoms with E-state index in [0.29, 0.717) is 6.42 Å². The Bertz CT molecular complexity index is 496. The highest BCUT2D eigenvalue weighted by molar-refractivity contribution is 5.56. The zero-order valence-electron chi connectivity index (χ0n) is 8.24. The molecule has 0 atom stereocenters. The van der Waals surface area contributed by atoms with Gasteiger partial charge in [-0.15, -0.1) is 0 Å². The lowest BCUT2D eigenvalue weighted by molar-refractivity contribution is 0.509. The molecular formula is C10H8F2N4. The smallest absolute Gasteiger partial charge is 0.160 e. The van der Waals surface area contributed by atoms with Crippen LogP contribution in [-0.2, 0) is 0 Å². The Kier molecular flexibility index (Phi) is 4.13. The van der Waals surface area contributed by atoms with Crippen LogP contribution >= 0.6 is 0 Å². The van der Waals surface area contributed by atoms with Crippen LogP contribution in [0.25, 0.3) is 10.4 Å². The second kappa shape index (κ2) is 5.59. The molecule has 0 bridgehead atoms. The zero-order chi connectivity index (χ0) is 12.0. The first kappa shape index (κ1) is 11.8. The summed E-state index contributed by atoms with van der Waals surface area (Å²) < 4.78 is 25.5. The minimum absolute atomic E-state index is 0.0789. The molecule has 0 saturated carbocycles. The third-order valence-corrected chi connectivity index (χ3v) is 1.72. The number of benzene rings is 1. The van der Waals surface area contributed by atoms with Crippen LogP contribution in [0.2, 0.25) is 0 Å². The number of azide groups is 1. The van der Waals surface area contributed by atoms with E-state index in [1.165, 1.54) is 0 Å². The van der Waals surface area contributed by atoms with Crippen LogP contribution in [0.4, 0.5) is 14.5 Å². The third-order valence-electron chi connectivity index (χ3n) is 1.72. The molecule has 0 aliphatic carbocycles. The van der Waals surface area contributed by atoms with Gasteiger partial charge in [-0.25, -0.2) is 8.78 Å². The van der Waals surface area contributed by atoms with Crippen molar-refractivity contribution >= 4 is 5.69 Å². The maximum absolute atomic E-state index is 12.8. The number of nitrogen functional groups attached to an aromatic ring is 1. The fourth-order valence-corrected chi connectivity index (χ4v) is 0.979. The van der Waals surface area contributed by atoms with E-state index in [9.17, 15) is 8.78 Å². The fourth-order valence-electron chi connectivity index (χ4n) is 0.979. The van der Waals surface area contributed by atoms with Crippen molar-refractivity contribution in [2.24, 2.45) is 5.11 Å². The van der Waals surface area contributed by atoms with Crippen molar-refractivity contribution in [3.05, 3.63) is 39.8 Å². The molecule has 2 N–H and O–H groups in total. The molecule has 0 amide bonds.